The Labute approximate surface area is 153 Å². The Morgan fingerprint density at radius 1 is 1.04 bits per heavy atom. The van der Waals surface area contributed by atoms with Crippen molar-refractivity contribution < 1.29 is 13.9 Å². The van der Waals surface area contributed by atoms with Crippen molar-refractivity contribution in [2.24, 2.45) is 0 Å². The fraction of sp³-hybridized carbons (Fsp3) is 0.556. The molecule has 1 saturated heterocycles. The highest BCUT2D eigenvalue weighted by molar-refractivity contribution is 7.71. The molecule has 0 unspecified atom stereocenters. The minimum atomic E-state index is 0.253. The Bertz CT molecular complexity index is 703. The maximum atomic E-state index is 5.70. The summed E-state index contributed by atoms with van der Waals surface area (Å²) in [5.74, 6) is 2.02. The SMILES string of the molecule is COc1ccc(OCc2nn(CN3CCCCCCC3)c(=S)o2)cc1. The summed E-state index contributed by atoms with van der Waals surface area (Å²) in [6.07, 6.45) is 6.44. The predicted octanol–water partition coefficient (Wildman–Crippen LogP) is 4.02. The minimum Gasteiger partial charge on any atom is -0.497 e. The molecule has 3 rings (SSSR count). The molecule has 1 fully saturated rings. The fourth-order valence-corrected chi connectivity index (χ4v) is 3.15. The van der Waals surface area contributed by atoms with Crippen LogP contribution in [0.5, 0.6) is 11.5 Å². The Morgan fingerprint density at radius 2 is 1.68 bits per heavy atom. The smallest absolute Gasteiger partial charge is 0.288 e. The van der Waals surface area contributed by atoms with E-state index >= 15 is 0 Å². The van der Waals surface area contributed by atoms with E-state index in [-0.39, 0.29) is 6.61 Å². The zero-order valence-corrected chi connectivity index (χ0v) is 15.5. The number of ether oxygens (including phenoxy) is 2. The molecule has 0 atom stereocenters. The average molecular weight is 363 g/mol. The second-order valence-electron chi connectivity index (χ2n) is 6.25. The van der Waals surface area contributed by atoms with E-state index in [0.29, 0.717) is 17.4 Å². The van der Waals surface area contributed by atoms with Crippen LogP contribution < -0.4 is 9.47 Å². The van der Waals surface area contributed by atoms with Crippen LogP contribution in [0.15, 0.2) is 28.7 Å². The number of aromatic nitrogens is 2. The molecule has 1 aromatic heterocycles. The number of hydrogen-bond donors (Lipinski definition) is 0. The standard InChI is InChI=1S/C18H25N3O3S/c1-22-15-7-9-16(10-8-15)23-13-17-19-21(18(25)24-17)14-20-11-5-3-2-4-6-12-20/h7-10H,2-6,11-14H2,1H3. The molecule has 136 valence electrons. The van der Waals surface area contributed by atoms with E-state index < -0.39 is 0 Å². The molecule has 0 aliphatic carbocycles. The molecular weight excluding hydrogens is 338 g/mol. The van der Waals surface area contributed by atoms with Gasteiger partial charge in [-0.2, -0.15) is 0 Å². The molecule has 1 aromatic carbocycles. The lowest BCUT2D eigenvalue weighted by Crippen LogP contribution is -2.30. The summed E-state index contributed by atoms with van der Waals surface area (Å²) >= 11 is 5.30. The Hall–Kier alpha value is -1.86. The van der Waals surface area contributed by atoms with Crippen LogP contribution >= 0.6 is 12.2 Å². The lowest BCUT2D eigenvalue weighted by molar-refractivity contribution is 0.185. The molecule has 0 bridgehead atoms. The normalized spacial score (nSPS) is 16.2. The van der Waals surface area contributed by atoms with Crippen molar-refractivity contribution in [1.82, 2.24) is 14.7 Å². The Kier molecular flexibility index (Phi) is 6.47. The van der Waals surface area contributed by atoms with Crippen LogP contribution in [0.25, 0.3) is 0 Å². The topological polar surface area (TPSA) is 52.7 Å². The van der Waals surface area contributed by atoms with Gasteiger partial charge in [0.15, 0.2) is 6.61 Å². The molecule has 2 aromatic rings. The molecule has 7 heteroatoms. The summed E-state index contributed by atoms with van der Waals surface area (Å²) in [5.41, 5.74) is 0. The van der Waals surface area contributed by atoms with Crippen LogP contribution in [0.3, 0.4) is 0 Å². The molecule has 1 aliphatic heterocycles. The first-order valence-electron chi connectivity index (χ1n) is 8.80. The molecule has 0 spiro atoms. The molecule has 0 N–H and O–H groups in total. The van der Waals surface area contributed by atoms with Gasteiger partial charge in [-0.1, -0.05) is 19.3 Å². The highest BCUT2D eigenvalue weighted by Gasteiger charge is 2.12. The summed E-state index contributed by atoms with van der Waals surface area (Å²) in [6, 6.07) is 7.41. The maximum Gasteiger partial charge on any atom is 0.288 e. The summed E-state index contributed by atoms with van der Waals surface area (Å²) < 4.78 is 18.2. The first-order valence-corrected chi connectivity index (χ1v) is 9.21. The highest BCUT2D eigenvalue weighted by Crippen LogP contribution is 2.18. The van der Waals surface area contributed by atoms with E-state index in [9.17, 15) is 0 Å². The Balaban J connectivity index is 1.56. The molecule has 0 saturated carbocycles. The van der Waals surface area contributed by atoms with Crippen LogP contribution in [-0.4, -0.2) is 34.9 Å². The van der Waals surface area contributed by atoms with Gasteiger partial charge in [0.25, 0.3) is 10.7 Å². The van der Waals surface area contributed by atoms with Crippen LogP contribution in [0.2, 0.25) is 0 Å². The molecule has 6 nitrogen and oxygen atoms in total. The highest BCUT2D eigenvalue weighted by atomic mass is 32.1. The summed E-state index contributed by atoms with van der Waals surface area (Å²) in [4.78, 5) is 2.79. The number of rotatable bonds is 6. The first-order chi connectivity index (χ1) is 12.2. The van der Waals surface area contributed by atoms with Gasteiger partial charge in [0.1, 0.15) is 11.5 Å². The zero-order chi connectivity index (χ0) is 17.5. The minimum absolute atomic E-state index is 0.253. The van der Waals surface area contributed by atoms with Crippen LogP contribution in [0.1, 0.15) is 38.0 Å². The molecule has 0 radical (unpaired) electrons. The number of nitrogens with zero attached hydrogens (tertiary/aromatic N) is 3. The van der Waals surface area contributed by atoms with E-state index in [0.717, 1.165) is 24.6 Å². The van der Waals surface area contributed by atoms with Gasteiger partial charge in [0.2, 0.25) is 0 Å². The average Bonchev–Trinajstić information content (AvgIpc) is 2.95. The zero-order valence-electron chi connectivity index (χ0n) is 14.6. The van der Waals surface area contributed by atoms with Crippen molar-refractivity contribution in [2.45, 2.75) is 45.4 Å². The maximum absolute atomic E-state index is 5.70. The predicted molar refractivity (Wildman–Crippen MR) is 97.3 cm³/mol. The van der Waals surface area contributed by atoms with Crippen LogP contribution in [0, 0.1) is 4.84 Å². The first kappa shape index (κ1) is 17.9. The number of methoxy groups -OCH3 is 1. The number of benzene rings is 1. The van der Waals surface area contributed by atoms with Gasteiger partial charge in [-0.25, -0.2) is 4.68 Å². The summed E-state index contributed by atoms with van der Waals surface area (Å²) in [6.45, 7) is 3.12. The summed E-state index contributed by atoms with van der Waals surface area (Å²) in [7, 11) is 1.64. The number of likely N-dealkylation sites (tertiary alicyclic amines) is 1. The summed E-state index contributed by atoms with van der Waals surface area (Å²) in [5, 5.41) is 4.46. The van der Waals surface area contributed by atoms with Crippen LogP contribution in [-0.2, 0) is 13.3 Å². The second-order valence-corrected chi connectivity index (χ2v) is 6.60. The van der Waals surface area contributed by atoms with E-state index in [1.54, 1.807) is 11.8 Å². The van der Waals surface area contributed by atoms with Gasteiger partial charge in [0.05, 0.1) is 13.8 Å². The Morgan fingerprint density at radius 3 is 2.36 bits per heavy atom. The molecular formula is C18H25N3O3S. The lowest BCUT2D eigenvalue weighted by atomic mass is 10.1. The lowest BCUT2D eigenvalue weighted by Gasteiger charge is -2.23. The van der Waals surface area contributed by atoms with Gasteiger partial charge in [-0.3, -0.25) is 4.90 Å². The van der Waals surface area contributed by atoms with Crippen molar-refractivity contribution in [3.63, 3.8) is 0 Å². The molecule has 0 amide bonds. The fourth-order valence-electron chi connectivity index (χ4n) is 2.96. The second kappa shape index (κ2) is 9.01. The quantitative estimate of drug-likeness (QED) is 0.723. The van der Waals surface area contributed by atoms with Crippen LogP contribution in [0.4, 0.5) is 0 Å². The molecule has 25 heavy (non-hydrogen) atoms. The van der Waals surface area contributed by atoms with Gasteiger partial charge in [-0.05, 0) is 62.4 Å². The van der Waals surface area contributed by atoms with Crippen molar-refractivity contribution >= 4 is 12.2 Å². The van der Waals surface area contributed by atoms with Gasteiger partial charge >= 0.3 is 0 Å². The number of hydrogen-bond acceptors (Lipinski definition) is 6. The monoisotopic (exact) mass is 363 g/mol. The van der Waals surface area contributed by atoms with Gasteiger partial charge in [0, 0.05) is 0 Å². The van der Waals surface area contributed by atoms with E-state index in [2.05, 4.69) is 10.00 Å². The van der Waals surface area contributed by atoms with Gasteiger partial charge in [-0.15, -0.1) is 5.10 Å². The third-order valence-corrected chi connectivity index (χ3v) is 4.65. The van der Waals surface area contributed by atoms with Crippen molar-refractivity contribution in [1.29, 1.82) is 0 Å². The van der Waals surface area contributed by atoms with E-state index in [1.807, 2.05) is 24.3 Å². The van der Waals surface area contributed by atoms with E-state index in [4.69, 9.17) is 26.1 Å². The third-order valence-electron chi connectivity index (χ3n) is 4.35. The van der Waals surface area contributed by atoms with Gasteiger partial charge < -0.3 is 13.9 Å². The molecule has 1 aliphatic rings. The third kappa shape index (κ3) is 5.31. The van der Waals surface area contributed by atoms with Crippen molar-refractivity contribution in [3.8, 4) is 11.5 Å². The molecule has 2 heterocycles. The largest absolute Gasteiger partial charge is 0.497 e. The van der Waals surface area contributed by atoms with Crippen molar-refractivity contribution in [2.75, 3.05) is 20.2 Å². The van der Waals surface area contributed by atoms with E-state index in [1.165, 1.54) is 32.1 Å². The van der Waals surface area contributed by atoms with Crippen molar-refractivity contribution in [3.05, 3.63) is 35.0 Å².